The molecule has 3 rings (SSSR count). The van der Waals surface area contributed by atoms with Crippen molar-refractivity contribution < 1.29 is 22.7 Å². The number of para-hydroxylation sites is 1. The van der Waals surface area contributed by atoms with Crippen LogP contribution in [0.1, 0.15) is 31.4 Å². The van der Waals surface area contributed by atoms with Crippen LogP contribution in [0.25, 0.3) is 10.9 Å². The minimum Gasteiger partial charge on any atom is -0.456 e. The maximum atomic E-state index is 12.9. The van der Waals surface area contributed by atoms with Crippen LogP contribution in [0.5, 0.6) is 0 Å². The first-order valence-corrected chi connectivity index (χ1v) is 12.3. The van der Waals surface area contributed by atoms with E-state index >= 15 is 0 Å². The van der Waals surface area contributed by atoms with E-state index in [-0.39, 0.29) is 11.3 Å². The van der Waals surface area contributed by atoms with Crippen LogP contribution in [0.2, 0.25) is 0 Å². The highest BCUT2D eigenvalue weighted by molar-refractivity contribution is 7.89. The molecule has 0 bridgehead atoms. The molecule has 0 fully saturated rings. The van der Waals surface area contributed by atoms with Crippen molar-refractivity contribution in [2.75, 3.05) is 25.0 Å². The Morgan fingerprint density at radius 2 is 1.82 bits per heavy atom. The summed E-state index contributed by atoms with van der Waals surface area (Å²) in [6.07, 6.45) is 2.51. The average molecular weight is 472 g/mol. The molecule has 0 aliphatic rings. The molecule has 1 heterocycles. The number of esters is 1. The Balaban J connectivity index is 1.56. The number of rotatable bonds is 10. The fourth-order valence-corrected chi connectivity index (χ4v) is 5.36. The van der Waals surface area contributed by atoms with Crippen molar-refractivity contribution in [1.82, 2.24) is 9.29 Å². The number of nitrogens with one attached hydrogen (secondary N) is 2. The lowest BCUT2D eigenvalue weighted by atomic mass is 10.1. The number of sulfonamides is 1. The first-order chi connectivity index (χ1) is 15.8. The standard InChI is InChI=1S/C24H29N3O5S/c1-4-27(5-2)33(30,31)22-14-19(12-10-17(22)3)26-23(28)16-32-24(29)13-11-18-15-25-21-9-7-6-8-20(18)21/h6-10,12,14-15,25H,4-5,11,13,16H2,1-3H3,(H,26,28). The molecule has 8 nitrogen and oxygen atoms in total. The summed E-state index contributed by atoms with van der Waals surface area (Å²) in [5.41, 5.74) is 2.92. The molecule has 0 saturated carbocycles. The SMILES string of the molecule is CCN(CC)S(=O)(=O)c1cc(NC(=O)COC(=O)CCc2c[nH]c3ccccc23)ccc1C. The zero-order valence-electron chi connectivity index (χ0n) is 19.1. The van der Waals surface area contributed by atoms with E-state index in [4.69, 9.17) is 4.74 Å². The predicted molar refractivity (Wildman–Crippen MR) is 127 cm³/mol. The van der Waals surface area contributed by atoms with Crippen molar-refractivity contribution >= 4 is 38.5 Å². The zero-order chi connectivity index (χ0) is 24.0. The first-order valence-electron chi connectivity index (χ1n) is 10.9. The number of aryl methyl sites for hydroxylation is 2. The number of hydrogen-bond donors (Lipinski definition) is 2. The number of hydrogen-bond acceptors (Lipinski definition) is 5. The van der Waals surface area contributed by atoms with Crippen molar-refractivity contribution in [3.05, 3.63) is 59.8 Å². The second-order valence-electron chi connectivity index (χ2n) is 7.64. The van der Waals surface area contributed by atoms with Gasteiger partial charge in [-0.2, -0.15) is 4.31 Å². The van der Waals surface area contributed by atoms with Gasteiger partial charge in [0.05, 0.1) is 4.90 Å². The number of carbonyl (C=O) groups excluding carboxylic acids is 2. The lowest BCUT2D eigenvalue weighted by Gasteiger charge is -2.20. The number of amides is 1. The van der Waals surface area contributed by atoms with Gasteiger partial charge < -0.3 is 15.0 Å². The van der Waals surface area contributed by atoms with Gasteiger partial charge in [-0.15, -0.1) is 0 Å². The van der Waals surface area contributed by atoms with Gasteiger partial charge in [0.1, 0.15) is 0 Å². The van der Waals surface area contributed by atoms with Crippen LogP contribution < -0.4 is 5.32 Å². The smallest absolute Gasteiger partial charge is 0.306 e. The van der Waals surface area contributed by atoms with Crippen LogP contribution in [0.4, 0.5) is 5.69 Å². The minimum absolute atomic E-state index is 0.139. The van der Waals surface area contributed by atoms with Crippen molar-refractivity contribution in [1.29, 1.82) is 0 Å². The van der Waals surface area contributed by atoms with E-state index < -0.39 is 28.5 Å². The van der Waals surface area contributed by atoms with Crippen LogP contribution in [0.15, 0.2) is 53.6 Å². The Labute approximate surface area is 194 Å². The van der Waals surface area contributed by atoms with Gasteiger partial charge in [-0.3, -0.25) is 9.59 Å². The fraction of sp³-hybridized carbons (Fsp3) is 0.333. The Kier molecular flexibility index (Phi) is 7.88. The maximum Gasteiger partial charge on any atom is 0.306 e. The highest BCUT2D eigenvalue weighted by atomic mass is 32.2. The number of H-pyrrole nitrogens is 1. The van der Waals surface area contributed by atoms with E-state index in [2.05, 4.69) is 10.3 Å². The Morgan fingerprint density at radius 3 is 2.55 bits per heavy atom. The lowest BCUT2D eigenvalue weighted by molar-refractivity contribution is -0.147. The van der Waals surface area contributed by atoms with Crippen LogP contribution in [0, 0.1) is 6.92 Å². The molecular weight excluding hydrogens is 442 g/mol. The van der Waals surface area contributed by atoms with E-state index in [1.54, 1.807) is 32.9 Å². The number of aromatic amines is 1. The van der Waals surface area contributed by atoms with E-state index in [1.807, 2.05) is 30.5 Å². The summed E-state index contributed by atoms with van der Waals surface area (Å²) < 4.78 is 32.2. The molecule has 1 amide bonds. The molecule has 2 N–H and O–H groups in total. The zero-order valence-corrected chi connectivity index (χ0v) is 19.9. The molecule has 0 spiro atoms. The quantitative estimate of drug-likeness (QED) is 0.439. The van der Waals surface area contributed by atoms with E-state index in [9.17, 15) is 18.0 Å². The van der Waals surface area contributed by atoms with Crippen molar-refractivity contribution in [3.8, 4) is 0 Å². The number of fused-ring (bicyclic) bond motifs is 1. The molecule has 176 valence electrons. The van der Waals surface area contributed by atoms with Gasteiger partial charge in [0.15, 0.2) is 6.61 Å². The Hall–Kier alpha value is -3.17. The second-order valence-corrected chi connectivity index (χ2v) is 9.54. The van der Waals surface area contributed by atoms with Gasteiger partial charge in [0.2, 0.25) is 10.0 Å². The Morgan fingerprint density at radius 1 is 1.09 bits per heavy atom. The van der Waals surface area contributed by atoms with E-state index in [0.29, 0.717) is 30.8 Å². The topological polar surface area (TPSA) is 109 Å². The van der Waals surface area contributed by atoms with E-state index in [1.165, 1.54) is 10.4 Å². The molecule has 3 aromatic rings. The summed E-state index contributed by atoms with van der Waals surface area (Å²) in [6, 6.07) is 12.5. The number of aromatic nitrogens is 1. The van der Waals surface area contributed by atoms with Gasteiger partial charge >= 0.3 is 5.97 Å². The van der Waals surface area contributed by atoms with Gasteiger partial charge in [0.25, 0.3) is 5.91 Å². The van der Waals surface area contributed by atoms with Crippen molar-refractivity contribution in [2.45, 2.75) is 38.5 Å². The summed E-state index contributed by atoms with van der Waals surface area (Å²) in [7, 11) is -3.67. The summed E-state index contributed by atoms with van der Waals surface area (Å²) >= 11 is 0. The summed E-state index contributed by atoms with van der Waals surface area (Å²) in [5, 5.41) is 3.66. The number of ether oxygens (including phenoxy) is 1. The third-order valence-electron chi connectivity index (χ3n) is 5.43. The minimum atomic E-state index is -3.67. The largest absolute Gasteiger partial charge is 0.456 e. The van der Waals surface area contributed by atoms with Gasteiger partial charge in [0, 0.05) is 42.3 Å². The number of benzene rings is 2. The van der Waals surface area contributed by atoms with Gasteiger partial charge in [-0.05, 0) is 42.7 Å². The van der Waals surface area contributed by atoms with Crippen LogP contribution in [-0.2, 0) is 30.8 Å². The highest BCUT2D eigenvalue weighted by Gasteiger charge is 2.24. The molecule has 33 heavy (non-hydrogen) atoms. The predicted octanol–water partition coefficient (Wildman–Crippen LogP) is 3.62. The van der Waals surface area contributed by atoms with Crippen LogP contribution in [0.3, 0.4) is 0 Å². The molecule has 2 aromatic carbocycles. The summed E-state index contributed by atoms with van der Waals surface area (Å²) in [4.78, 5) is 27.7. The lowest BCUT2D eigenvalue weighted by Crippen LogP contribution is -2.31. The van der Waals surface area contributed by atoms with Crippen LogP contribution in [-0.4, -0.2) is 49.3 Å². The third kappa shape index (κ3) is 5.80. The third-order valence-corrected chi connectivity index (χ3v) is 7.62. The maximum absolute atomic E-state index is 12.9. The Bertz CT molecular complexity index is 1250. The fourth-order valence-electron chi connectivity index (χ4n) is 3.65. The summed E-state index contributed by atoms with van der Waals surface area (Å²) in [6.45, 7) is 5.51. The van der Waals surface area contributed by atoms with Crippen molar-refractivity contribution in [2.24, 2.45) is 0 Å². The van der Waals surface area contributed by atoms with E-state index in [0.717, 1.165) is 16.5 Å². The van der Waals surface area contributed by atoms with Gasteiger partial charge in [-0.1, -0.05) is 38.1 Å². The second kappa shape index (κ2) is 10.6. The normalized spacial score (nSPS) is 11.6. The molecule has 0 aliphatic carbocycles. The molecule has 0 unspecified atom stereocenters. The molecule has 9 heteroatoms. The van der Waals surface area contributed by atoms with Crippen LogP contribution >= 0.6 is 0 Å². The molecule has 0 aliphatic heterocycles. The van der Waals surface area contributed by atoms with Crippen molar-refractivity contribution in [3.63, 3.8) is 0 Å². The first kappa shape index (κ1) is 24.5. The molecule has 0 radical (unpaired) electrons. The number of carbonyl (C=O) groups is 2. The average Bonchev–Trinajstić information content (AvgIpc) is 3.21. The van der Waals surface area contributed by atoms with Gasteiger partial charge in [-0.25, -0.2) is 8.42 Å². The molecular formula is C24H29N3O5S. The number of anilines is 1. The molecule has 0 atom stereocenters. The highest BCUT2D eigenvalue weighted by Crippen LogP contribution is 2.24. The summed E-state index contributed by atoms with van der Waals surface area (Å²) in [5.74, 6) is -1.02. The molecule has 0 saturated heterocycles. The molecule has 1 aromatic heterocycles. The number of nitrogens with zero attached hydrogens (tertiary/aromatic N) is 1. The monoisotopic (exact) mass is 471 g/mol.